The van der Waals surface area contributed by atoms with E-state index in [-0.39, 0.29) is 12.4 Å². The van der Waals surface area contributed by atoms with Crippen LogP contribution in [0.15, 0.2) is 24.3 Å². The van der Waals surface area contributed by atoms with E-state index in [4.69, 9.17) is 5.11 Å². The first kappa shape index (κ1) is 13.9. The second-order valence-corrected chi connectivity index (χ2v) is 3.52. The highest BCUT2D eigenvalue weighted by Crippen LogP contribution is 2.09. The molecule has 84 valence electrons. The summed E-state index contributed by atoms with van der Waals surface area (Å²) in [4.78, 5) is 12.9. The maximum atomic E-state index is 10.9. The molecule has 0 radical (unpaired) electrons. The molecule has 0 aliphatic carbocycles. The van der Waals surface area contributed by atoms with E-state index in [1.807, 2.05) is 31.1 Å². The highest BCUT2D eigenvalue weighted by molar-refractivity contribution is 5.89. The predicted molar refractivity (Wildman–Crippen MR) is 62.9 cm³/mol. The molecule has 0 saturated carbocycles. The molecule has 0 aliphatic rings. The highest BCUT2D eigenvalue weighted by atomic mass is 35.5. The van der Waals surface area contributed by atoms with Crippen LogP contribution in [0.1, 0.15) is 15.9 Å². The van der Waals surface area contributed by atoms with Gasteiger partial charge in [0.15, 0.2) is 0 Å². The van der Waals surface area contributed by atoms with Crippen LogP contribution in [-0.2, 0) is 6.42 Å². The van der Waals surface area contributed by atoms with Gasteiger partial charge in [-0.05, 0) is 32.1 Å². The van der Waals surface area contributed by atoms with Crippen LogP contribution < -0.4 is 0 Å². The Morgan fingerprint density at radius 2 is 1.93 bits per heavy atom. The first-order valence-corrected chi connectivity index (χ1v) is 4.57. The number of likely N-dealkylation sites (N-methyl/N-ethyl adjacent to an activating group) is 1. The van der Waals surface area contributed by atoms with E-state index in [1.165, 1.54) is 0 Å². The fraction of sp³-hybridized carbons (Fsp3) is 0.364. The summed E-state index contributed by atoms with van der Waals surface area (Å²) in [5, 5.41) is 8.92. The Morgan fingerprint density at radius 3 is 2.47 bits per heavy atom. The Morgan fingerprint density at radius 1 is 1.33 bits per heavy atom. The van der Waals surface area contributed by atoms with E-state index in [2.05, 4.69) is 0 Å². The molecule has 1 rings (SSSR count). The fourth-order valence-corrected chi connectivity index (χ4v) is 1.29. The highest BCUT2D eigenvalue weighted by Gasteiger charge is 2.08. The van der Waals surface area contributed by atoms with Crippen molar-refractivity contribution in [3.05, 3.63) is 35.4 Å². The van der Waals surface area contributed by atoms with Crippen LogP contribution in [0.2, 0.25) is 0 Å². The Labute approximate surface area is 96.1 Å². The second kappa shape index (κ2) is 6.43. The van der Waals surface area contributed by atoms with Gasteiger partial charge in [0, 0.05) is 6.54 Å². The van der Waals surface area contributed by atoms with Crippen LogP contribution in [0.5, 0.6) is 0 Å². The maximum Gasteiger partial charge on any atom is 0.335 e. The molecule has 0 aliphatic heterocycles. The number of benzene rings is 1. The van der Waals surface area contributed by atoms with Crippen molar-refractivity contribution in [3.8, 4) is 0 Å². The van der Waals surface area contributed by atoms with Gasteiger partial charge >= 0.3 is 5.97 Å². The zero-order chi connectivity index (χ0) is 10.6. The van der Waals surface area contributed by atoms with Gasteiger partial charge in [-0.2, -0.15) is 0 Å². The van der Waals surface area contributed by atoms with Gasteiger partial charge in [0.2, 0.25) is 0 Å². The number of carboxylic acid groups (broad SMARTS) is 1. The van der Waals surface area contributed by atoms with Gasteiger partial charge < -0.3 is 10.0 Å². The third-order valence-corrected chi connectivity index (χ3v) is 2.08. The van der Waals surface area contributed by atoms with Gasteiger partial charge in [-0.25, -0.2) is 4.79 Å². The van der Waals surface area contributed by atoms with E-state index < -0.39 is 5.97 Å². The lowest BCUT2D eigenvalue weighted by atomic mass is 10.0. The summed E-state index contributed by atoms with van der Waals surface area (Å²) in [6.45, 7) is 0.865. The Hall–Kier alpha value is -1.06. The molecule has 0 amide bonds. The number of rotatable bonds is 4. The van der Waals surface area contributed by atoms with Gasteiger partial charge in [-0.15, -0.1) is 12.4 Å². The smallest absolute Gasteiger partial charge is 0.335 e. The molecule has 3 nitrogen and oxygen atoms in total. The predicted octanol–water partition coefficient (Wildman–Crippen LogP) is 1.91. The average molecular weight is 230 g/mol. The number of halogens is 1. The summed E-state index contributed by atoms with van der Waals surface area (Å²) in [5.41, 5.74) is 1.31. The summed E-state index contributed by atoms with van der Waals surface area (Å²) in [6.07, 6.45) is 0.773. The minimum Gasteiger partial charge on any atom is -0.478 e. The Bertz CT molecular complexity index is 326. The molecule has 1 aromatic carbocycles. The van der Waals surface area contributed by atoms with E-state index in [0.717, 1.165) is 18.5 Å². The maximum absolute atomic E-state index is 10.9. The van der Waals surface area contributed by atoms with Crippen molar-refractivity contribution >= 4 is 18.4 Å². The van der Waals surface area contributed by atoms with Crippen molar-refractivity contribution in [1.82, 2.24) is 4.90 Å². The Balaban J connectivity index is 0.00000196. The SMILES string of the molecule is CN(C)CCc1ccccc1C(=O)O.Cl. The topological polar surface area (TPSA) is 40.5 Å². The van der Waals surface area contributed by atoms with Crippen molar-refractivity contribution in [2.24, 2.45) is 0 Å². The minimum atomic E-state index is -0.848. The first-order valence-electron chi connectivity index (χ1n) is 4.57. The third-order valence-electron chi connectivity index (χ3n) is 2.08. The van der Waals surface area contributed by atoms with Gasteiger partial charge in [0.25, 0.3) is 0 Å². The minimum absolute atomic E-state index is 0. The van der Waals surface area contributed by atoms with E-state index in [0.29, 0.717) is 5.56 Å². The van der Waals surface area contributed by atoms with E-state index in [1.54, 1.807) is 12.1 Å². The number of hydrogen-bond donors (Lipinski definition) is 1. The normalized spacial score (nSPS) is 9.80. The molecule has 0 heterocycles. The lowest BCUT2D eigenvalue weighted by Crippen LogP contribution is -2.16. The Kier molecular flexibility index (Phi) is 5.97. The molecule has 4 heteroatoms. The van der Waals surface area contributed by atoms with E-state index >= 15 is 0 Å². The van der Waals surface area contributed by atoms with Crippen molar-refractivity contribution in [2.75, 3.05) is 20.6 Å². The number of nitrogens with zero attached hydrogens (tertiary/aromatic N) is 1. The zero-order valence-corrected chi connectivity index (χ0v) is 9.75. The summed E-state index contributed by atoms with van der Waals surface area (Å²) in [6, 6.07) is 7.14. The average Bonchev–Trinajstić information content (AvgIpc) is 2.15. The van der Waals surface area contributed by atoms with Crippen LogP contribution in [0.3, 0.4) is 0 Å². The summed E-state index contributed by atoms with van der Waals surface area (Å²) in [7, 11) is 3.95. The van der Waals surface area contributed by atoms with Crippen LogP contribution in [0, 0.1) is 0 Å². The molecule has 0 aromatic heterocycles. The summed E-state index contributed by atoms with van der Waals surface area (Å²) >= 11 is 0. The zero-order valence-electron chi connectivity index (χ0n) is 8.93. The van der Waals surface area contributed by atoms with Crippen LogP contribution in [0.4, 0.5) is 0 Å². The van der Waals surface area contributed by atoms with Gasteiger partial charge in [0.05, 0.1) is 5.56 Å². The fourth-order valence-electron chi connectivity index (χ4n) is 1.29. The summed E-state index contributed by atoms with van der Waals surface area (Å²) < 4.78 is 0. The molecule has 0 saturated heterocycles. The summed E-state index contributed by atoms with van der Waals surface area (Å²) in [5.74, 6) is -0.848. The van der Waals surface area contributed by atoms with Crippen molar-refractivity contribution in [3.63, 3.8) is 0 Å². The molecule has 0 fully saturated rings. The number of carbonyl (C=O) groups is 1. The van der Waals surface area contributed by atoms with Crippen LogP contribution in [-0.4, -0.2) is 36.6 Å². The van der Waals surface area contributed by atoms with Gasteiger partial charge in [0.1, 0.15) is 0 Å². The van der Waals surface area contributed by atoms with Crippen molar-refractivity contribution < 1.29 is 9.90 Å². The van der Waals surface area contributed by atoms with Gasteiger partial charge in [-0.1, -0.05) is 18.2 Å². The van der Waals surface area contributed by atoms with Gasteiger partial charge in [-0.3, -0.25) is 0 Å². The molecule has 1 aromatic rings. The van der Waals surface area contributed by atoms with Crippen LogP contribution >= 0.6 is 12.4 Å². The third kappa shape index (κ3) is 4.32. The number of hydrogen-bond acceptors (Lipinski definition) is 2. The molecule has 1 N–H and O–H groups in total. The van der Waals surface area contributed by atoms with Crippen LogP contribution in [0.25, 0.3) is 0 Å². The largest absolute Gasteiger partial charge is 0.478 e. The molecule has 0 spiro atoms. The van der Waals surface area contributed by atoms with E-state index in [9.17, 15) is 4.79 Å². The molecule has 0 unspecified atom stereocenters. The molecule has 15 heavy (non-hydrogen) atoms. The first-order chi connectivity index (χ1) is 6.61. The number of aromatic carboxylic acids is 1. The molecule has 0 bridgehead atoms. The standard InChI is InChI=1S/C11H15NO2.ClH/c1-12(2)8-7-9-5-3-4-6-10(9)11(13)14;/h3-6H,7-8H2,1-2H3,(H,13,14);1H. The monoisotopic (exact) mass is 229 g/mol. The second-order valence-electron chi connectivity index (χ2n) is 3.52. The number of carboxylic acids is 1. The quantitative estimate of drug-likeness (QED) is 0.858. The molecular weight excluding hydrogens is 214 g/mol. The van der Waals surface area contributed by atoms with Crippen molar-refractivity contribution in [2.45, 2.75) is 6.42 Å². The molecule has 0 atom stereocenters. The molecular formula is C11H16ClNO2. The van der Waals surface area contributed by atoms with Crippen molar-refractivity contribution in [1.29, 1.82) is 0 Å². The lowest BCUT2D eigenvalue weighted by molar-refractivity contribution is 0.0695. The lowest BCUT2D eigenvalue weighted by Gasteiger charge is -2.10.